The van der Waals surface area contributed by atoms with Gasteiger partial charge in [0, 0.05) is 29.5 Å². The van der Waals surface area contributed by atoms with Crippen molar-refractivity contribution in [1.82, 2.24) is 20.6 Å². The lowest BCUT2D eigenvalue weighted by Crippen LogP contribution is -2.35. The minimum absolute atomic E-state index is 0.0967. The Morgan fingerprint density at radius 3 is 2.88 bits per heavy atom. The molecular weight excluding hydrogens is 431 g/mol. The first kappa shape index (κ1) is 21.1. The number of amides is 1. The van der Waals surface area contributed by atoms with Gasteiger partial charge in [0.25, 0.3) is 5.91 Å². The minimum atomic E-state index is -0.997. The van der Waals surface area contributed by atoms with Crippen molar-refractivity contribution < 1.29 is 18.9 Å². The Morgan fingerprint density at radius 2 is 2.12 bits per heavy atom. The van der Waals surface area contributed by atoms with Gasteiger partial charge in [-0.2, -0.15) is 0 Å². The molecule has 2 aromatic heterocycles. The lowest BCUT2D eigenvalue weighted by atomic mass is 9.79. The Hall–Kier alpha value is -2.78. The number of halogens is 1. The number of fused-ring (bicyclic) bond motifs is 3. The van der Waals surface area contributed by atoms with Gasteiger partial charge in [0.2, 0.25) is 0 Å². The molecular formula is C23H23FN4O3S. The zero-order valence-electron chi connectivity index (χ0n) is 17.7. The smallest absolute Gasteiger partial charge is 0.254 e. The van der Waals surface area contributed by atoms with Crippen molar-refractivity contribution in [2.75, 3.05) is 6.54 Å². The molecule has 5 rings (SSSR count). The maximum Gasteiger partial charge on any atom is 0.254 e. The van der Waals surface area contributed by atoms with Crippen LogP contribution in [0.25, 0.3) is 11.0 Å². The second-order valence-corrected chi connectivity index (χ2v) is 9.98. The summed E-state index contributed by atoms with van der Waals surface area (Å²) >= 11 is 1.35. The van der Waals surface area contributed by atoms with E-state index in [4.69, 9.17) is 4.63 Å². The van der Waals surface area contributed by atoms with Gasteiger partial charge >= 0.3 is 0 Å². The molecule has 0 saturated heterocycles. The Bertz CT molecular complexity index is 1210. The molecule has 0 spiro atoms. The Morgan fingerprint density at radius 1 is 1.31 bits per heavy atom. The van der Waals surface area contributed by atoms with Crippen molar-refractivity contribution in [1.29, 1.82) is 0 Å². The molecule has 1 aromatic carbocycles. The molecule has 32 heavy (non-hydrogen) atoms. The first-order chi connectivity index (χ1) is 15.3. The molecule has 0 radical (unpaired) electrons. The molecule has 9 heteroatoms. The van der Waals surface area contributed by atoms with E-state index < -0.39 is 11.8 Å². The normalized spacial score (nSPS) is 24.7. The SMILES string of the molecule is CC(C)(O)C1CC2C(CNC(=O)c3cccnc3Sc3ccc4nonc4c3)=CC1C2F. The van der Waals surface area contributed by atoms with Gasteiger partial charge in [-0.3, -0.25) is 4.79 Å². The molecule has 0 aliphatic heterocycles. The van der Waals surface area contributed by atoms with E-state index in [0.717, 1.165) is 10.5 Å². The van der Waals surface area contributed by atoms with Crippen LogP contribution in [0.1, 0.15) is 30.6 Å². The number of aromatic nitrogens is 3. The fraction of sp³-hybridized carbons (Fsp3) is 0.391. The highest BCUT2D eigenvalue weighted by molar-refractivity contribution is 7.99. The highest BCUT2D eigenvalue weighted by atomic mass is 32.2. The number of carbonyl (C=O) groups excluding carboxylic acids is 1. The van der Waals surface area contributed by atoms with Crippen molar-refractivity contribution in [2.45, 2.75) is 42.0 Å². The number of nitrogens with zero attached hydrogens (tertiary/aromatic N) is 3. The van der Waals surface area contributed by atoms with Crippen LogP contribution in [0.2, 0.25) is 0 Å². The Balaban J connectivity index is 1.28. The molecule has 2 N–H and O–H groups in total. The van der Waals surface area contributed by atoms with Crippen LogP contribution in [0, 0.1) is 17.8 Å². The molecule has 4 atom stereocenters. The van der Waals surface area contributed by atoms with E-state index in [9.17, 15) is 14.3 Å². The molecule has 2 aliphatic carbocycles. The molecule has 7 nitrogen and oxygen atoms in total. The second-order valence-electron chi connectivity index (χ2n) is 8.92. The third-order valence-corrected chi connectivity index (χ3v) is 7.43. The Kier molecular flexibility index (Phi) is 5.25. The average molecular weight is 455 g/mol. The van der Waals surface area contributed by atoms with Gasteiger partial charge in [-0.05, 0) is 72.4 Å². The van der Waals surface area contributed by atoms with Gasteiger partial charge < -0.3 is 10.4 Å². The number of carbonyl (C=O) groups is 1. The topological polar surface area (TPSA) is 101 Å². The second kappa shape index (κ2) is 7.97. The fourth-order valence-electron chi connectivity index (χ4n) is 4.79. The number of hydrogen-bond donors (Lipinski definition) is 2. The number of nitrogens with one attached hydrogen (secondary N) is 1. The van der Waals surface area contributed by atoms with E-state index in [2.05, 4.69) is 20.6 Å². The van der Waals surface area contributed by atoms with E-state index >= 15 is 0 Å². The molecule has 1 amide bonds. The average Bonchev–Trinajstić information content (AvgIpc) is 3.44. The molecule has 2 heterocycles. The highest BCUT2D eigenvalue weighted by Gasteiger charge is 2.53. The molecule has 2 aliphatic rings. The summed E-state index contributed by atoms with van der Waals surface area (Å²) in [6.07, 6.45) is 3.15. The van der Waals surface area contributed by atoms with Crippen LogP contribution in [0.3, 0.4) is 0 Å². The van der Waals surface area contributed by atoms with Crippen LogP contribution in [0.4, 0.5) is 4.39 Å². The lowest BCUT2D eigenvalue weighted by Gasteiger charge is -2.31. The third kappa shape index (κ3) is 3.80. The summed E-state index contributed by atoms with van der Waals surface area (Å²) in [5.41, 5.74) is 1.72. The summed E-state index contributed by atoms with van der Waals surface area (Å²) < 4.78 is 19.5. The molecule has 1 fully saturated rings. The van der Waals surface area contributed by atoms with Gasteiger partial charge in [-0.15, -0.1) is 0 Å². The largest absolute Gasteiger partial charge is 0.390 e. The van der Waals surface area contributed by atoms with Gasteiger partial charge in [0.1, 0.15) is 22.2 Å². The van der Waals surface area contributed by atoms with Crippen LogP contribution in [0.15, 0.2) is 62.7 Å². The molecule has 4 unspecified atom stereocenters. The highest BCUT2D eigenvalue weighted by Crippen LogP contribution is 2.52. The first-order valence-electron chi connectivity index (χ1n) is 10.5. The number of hydrogen-bond acceptors (Lipinski definition) is 7. The van der Waals surface area contributed by atoms with Gasteiger partial charge in [-0.25, -0.2) is 14.0 Å². The summed E-state index contributed by atoms with van der Waals surface area (Å²) in [7, 11) is 0. The third-order valence-electron chi connectivity index (χ3n) is 6.42. The quantitative estimate of drug-likeness (QED) is 0.546. The van der Waals surface area contributed by atoms with Gasteiger partial charge in [-0.1, -0.05) is 17.8 Å². The van der Waals surface area contributed by atoms with Gasteiger partial charge in [0.15, 0.2) is 0 Å². The van der Waals surface area contributed by atoms with E-state index in [1.165, 1.54) is 11.8 Å². The molecule has 3 aromatic rings. The zero-order chi connectivity index (χ0) is 22.5. The predicted octanol–water partition coefficient (Wildman–Crippen LogP) is 3.80. The van der Waals surface area contributed by atoms with E-state index in [-0.39, 0.29) is 30.2 Å². The number of alkyl halides is 1. The van der Waals surface area contributed by atoms with E-state index in [0.29, 0.717) is 28.0 Å². The number of benzene rings is 1. The number of pyridine rings is 1. The van der Waals surface area contributed by atoms with Crippen molar-refractivity contribution in [3.63, 3.8) is 0 Å². The van der Waals surface area contributed by atoms with Crippen molar-refractivity contribution >= 4 is 28.7 Å². The summed E-state index contributed by atoms with van der Waals surface area (Å²) in [5.74, 6) is -0.900. The predicted molar refractivity (Wildman–Crippen MR) is 117 cm³/mol. The van der Waals surface area contributed by atoms with E-state index in [1.807, 2.05) is 18.2 Å². The number of allylic oxidation sites excluding steroid dienone is 1. The summed E-state index contributed by atoms with van der Waals surface area (Å²) in [6, 6.07) is 8.93. The summed E-state index contributed by atoms with van der Waals surface area (Å²) in [5, 5.41) is 21.4. The lowest BCUT2D eigenvalue weighted by molar-refractivity contribution is 0.00140. The Labute approximate surface area is 188 Å². The van der Waals surface area contributed by atoms with Crippen LogP contribution in [-0.2, 0) is 0 Å². The van der Waals surface area contributed by atoms with Crippen molar-refractivity contribution in [2.24, 2.45) is 17.8 Å². The number of aliphatic hydroxyl groups is 1. The van der Waals surface area contributed by atoms with Crippen LogP contribution in [0.5, 0.6) is 0 Å². The minimum Gasteiger partial charge on any atom is -0.390 e. The first-order valence-corrected chi connectivity index (χ1v) is 11.3. The maximum atomic E-state index is 14.7. The number of rotatable bonds is 6. The van der Waals surface area contributed by atoms with Crippen LogP contribution in [-0.4, -0.2) is 44.6 Å². The van der Waals surface area contributed by atoms with Crippen LogP contribution < -0.4 is 5.32 Å². The zero-order valence-corrected chi connectivity index (χ0v) is 18.5. The van der Waals surface area contributed by atoms with Crippen molar-refractivity contribution in [3.05, 3.63) is 53.7 Å². The molecule has 2 bridgehead atoms. The van der Waals surface area contributed by atoms with Crippen molar-refractivity contribution in [3.8, 4) is 0 Å². The molecule has 166 valence electrons. The van der Waals surface area contributed by atoms with Crippen LogP contribution >= 0.6 is 11.8 Å². The summed E-state index contributed by atoms with van der Waals surface area (Å²) in [4.78, 5) is 18.2. The van der Waals surface area contributed by atoms with Gasteiger partial charge in [0.05, 0.1) is 11.2 Å². The standard InChI is InChI=1S/C23H23FN4O3S/c1-23(2,30)17-10-15-12(8-16(17)20(15)24)11-26-21(29)14-4-3-7-25-22(14)32-13-5-6-18-19(9-13)28-31-27-18/h3-9,15-17,20,30H,10-11H2,1-2H3,(H,26,29). The fourth-order valence-corrected chi connectivity index (χ4v) is 5.71. The molecule has 1 saturated carbocycles. The maximum absolute atomic E-state index is 14.7. The monoisotopic (exact) mass is 454 g/mol. The van der Waals surface area contributed by atoms with E-state index in [1.54, 1.807) is 38.2 Å². The summed E-state index contributed by atoms with van der Waals surface area (Å²) in [6.45, 7) is 3.76.